The van der Waals surface area contributed by atoms with Crippen LogP contribution >= 0.6 is 0 Å². The molecule has 0 saturated heterocycles. The van der Waals surface area contributed by atoms with Gasteiger partial charge in [0.05, 0.1) is 0 Å². The van der Waals surface area contributed by atoms with Crippen LogP contribution in [-0.4, -0.2) is 6.79 Å². The summed E-state index contributed by atoms with van der Waals surface area (Å²) >= 11 is 0. The van der Waals surface area contributed by atoms with Crippen molar-refractivity contribution in [1.82, 2.24) is 0 Å². The minimum atomic E-state index is 0.361. The summed E-state index contributed by atoms with van der Waals surface area (Å²) in [5, 5.41) is 0. The highest BCUT2D eigenvalue weighted by Gasteiger charge is 2.34. The van der Waals surface area contributed by atoms with E-state index in [0.29, 0.717) is 24.5 Å². The summed E-state index contributed by atoms with van der Waals surface area (Å²) in [6.07, 6.45) is 9.20. The maximum Gasteiger partial charge on any atom is 0.231 e. The van der Waals surface area contributed by atoms with E-state index in [-0.39, 0.29) is 0 Å². The van der Waals surface area contributed by atoms with Crippen LogP contribution in [-0.2, 0) is 0 Å². The Bertz CT molecular complexity index is 650. The van der Waals surface area contributed by atoms with Crippen LogP contribution in [0.1, 0.15) is 69.1 Å². The first kappa shape index (κ1) is 16.2. The highest BCUT2D eigenvalue weighted by molar-refractivity contribution is 5.59. The molecule has 0 amide bonds. The van der Waals surface area contributed by atoms with Gasteiger partial charge in [0, 0.05) is 5.56 Å². The summed E-state index contributed by atoms with van der Waals surface area (Å²) in [4.78, 5) is 0. The van der Waals surface area contributed by atoms with Crippen molar-refractivity contribution in [1.29, 1.82) is 0 Å². The van der Waals surface area contributed by atoms with Gasteiger partial charge in [0.25, 0.3) is 0 Å². The second-order valence-electron chi connectivity index (χ2n) is 7.33. The summed E-state index contributed by atoms with van der Waals surface area (Å²) in [6, 6.07) is 2.34. The molecule has 0 spiro atoms. The predicted molar refractivity (Wildman–Crippen MR) is 95.4 cm³/mol. The monoisotopic (exact) mass is 312 g/mol. The number of benzene rings is 1. The number of hydrogen-bond acceptors (Lipinski definition) is 2. The van der Waals surface area contributed by atoms with Crippen LogP contribution in [0.2, 0.25) is 0 Å². The molecule has 0 radical (unpaired) electrons. The minimum absolute atomic E-state index is 0.361. The van der Waals surface area contributed by atoms with E-state index in [9.17, 15) is 0 Å². The third kappa shape index (κ3) is 3.04. The molecule has 0 aromatic heterocycles. The van der Waals surface area contributed by atoms with E-state index in [0.717, 1.165) is 11.5 Å². The van der Waals surface area contributed by atoms with Gasteiger partial charge in [0.15, 0.2) is 11.5 Å². The summed E-state index contributed by atoms with van der Waals surface area (Å²) in [7, 11) is 0. The zero-order valence-corrected chi connectivity index (χ0v) is 15.0. The van der Waals surface area contributed by atoms with Gasteiger partial charge in [0.2, 0.25) is 6.79 Å². The molecule has 1 aliphatic heterocycles. The minimum Gasteiger partial charge on any atom is -0.453 e. The number of ether oxygens (including phenoxy) is 2. The number of rotatable bonds is 3. The Morgan fingerprint density at radius 3 is 2.70 bits per heavy atom. The van der Waals surface area contributed by atoms with E-state index < -0.39 is 0 Å². The lowest BCUT2D eigenvalue weighted by Crippen LogP contribution is -2.18. The molecule has 124 valence electrons. The Kier molecular flexibility index (Phi) is 4.52. The van der Waals surface area contributed by atoms with Gasteiger partial charge in [-0.25, -0.2) is 0 Å². The standard InChI is InChI=1S/C21H28O2/c1-13(2)7-6-8-14(3)17-10-9-15(4)19-18(17)11-16(5)20-21(19)23-12-22-20/h6-8,11,14-15,17H,9-10,12H2,1-5H3/t14-,15+,17+/m0/s1. The molecule has 0 bridgehead atoms. The molecule has 0 saturated carbocycles. The molecule has 0 unspecified atom stereocenters. The Morgan fingerprint density at radius 1 is 1.22 bits per heavy atom. The van der Waals surface area contributed by atoms with E-state index in [1.54, 1.807) is 0 Å². The van der Waals surface area contributed by atoms with Gasteiger partial charge in [-0.15, -0.1) is 0 Å². The van der Waals surface area contributed by atoms with Crippen molar-refractivity contribution in [3.8, 4) is 11.5 Å². The summed E-state index contributed by atoms with van der Waals surface area (Å²) in [5.74, 6) is 3.61. The van der Waals surface area contributed by atoms with Crippen molar-refractivity contribution < 1.29 is 9.47 Å². The first-order valence-electron chi connectivity index (χ1n) is 8.73. The smallest absolute Gasteiger partial charge is 0.231 e. The lowest BCUT2D eigenvalue weighted by Gasteiger charge is -2.33. The molecule has 0 N–H and O–H groups in total. The van der Waals surface area contributed by atoms with E-state index in [4.69, 9.17) is 9.47 Å². The molecule has 1 heterocycles. The van der Waals surface area contributed by atoms with Gasteiger partial charge in [-0.3, -0.25) is 0 Å². The molecule has 3 rings (SSSR count). The molecule has 1 aromatic rings. The maximum atomic E-state index is 5.84. The molecular formula is C21H28O2. The zero-order chi connectivity index (χ0) is 16.6. The molecule has 3 atom stereocenters. The number of hydrogen-bond donors (Lipinski definition) is 0. The Balaban J connectivity index is 1.98. The molecule has 2 nitrogen and oxygen atoms in total. The average molecular weight is 312 g/mol. The Morgan fingerprint density at radius 2 is 1.96 bits per heavy atom. The van der Waals surface area contributed by atoms with Crippen molar-refractivity contribution in [3.63, 3.8) is 0 Å². The van der Waals surface area contributed by atoms with Crippen molar-refractivity contribution in [2.75, 3.05) is 6.79 Å². The van der Waals surface area contributed by atoms with Crippen molar-refractivity contribution in [2.45, 2.75) is 59.3 Å². The first-order chi connectivity index (χ1) is 11.0. The van der Waals surface area contributed by atoms with Crippen molar-refractivity contribution in [2.24, 2.45) is 5.92 Å². The molecule has 1 aliphatic carbocycles. The topological polar surface area (TPSA) is 18.5 Å². The normalized spacial score (nSPS) is 23.7. The summed E-state index contributed by atoms with van der Waals surface area (Å²) in [6.45, 7) is 11.4. The van der Waals surface area contributed by atoms with Gasteiger partial charge < -0.3 is 9.47 Å². The Hall–Kier alpha value is -1.70. The van der Waals surface area contributed by atoms with Crippen molar-refractivity contribution in [3.05, 3.63) is 46.6 Å². The van der Waals surface area contributed by atoms with E-state index >= 15 is 0 Å². The molecule has 1 aromatic carbocycles. The van der Waals surface area contributed by atoms with E-state index in [2.05, 4.69) is 58.9 Å². The predicted octanol–water partition coefficient (Wildman–Crippen LogP) is 5.86. The van der Waals surface area contributed by atoms with Gasteiger partial charge in [-0.05, 0) is 62.5 Å². The molecule has 0 fully saturated rings. The number of fused-ring (bicyclic) bond motifs is 3. The van der Waals surface area contributed by atoms with E-state index in [1.165, 1.54) is 35.1 Å². The number of allylic oxidation sites excluding steroid dienone is 4. The fourth-order valence-electron chi connectivity index (χ4n) is 3.93. The molecule has 23 heavy (non-hydrogen) atoms. The van der Waals surface area contributed by atoms with Crippen LogP contribution in [0.3, 0.4) is 0 Å². The van der Waals surface area contributed by atoms with Crippen LogP contribution in [0, 0.1) is 12.8 Å². The third-order valence-corrected chi connectivity index (χ3v) is 5.18. The quantitative estimate of drug-likeness (QED) is 0.650. The molecule has 2 heteroatoms. The van der Waals surface area contributed by atoms with Gasteiger partial charge in [0.1, 0.15) is 0 Å². The van der Waals surface area contributed by atoms with Crippen LogP contribution in [0.4, 0.5) is 0 Å². The Labute approximate surface area is 140 Å². The first-order valence-corrected chi connectivity index (χ1v) is 8.73. The molecular weight excluding hydrogens is 284 g/mol. The van der Waals surface area contributed by atoms with Crippen LogP contribution in [0.5, 0.6) is 11.5 Å². The largest absolute Gasteiger partial charge is 0.453 e. The second-order valence-corrected chi connectivity index (χ2v) is 7.33. The highest BCUT2D eigenvalue weighted by atomic mass is 16.7. The SMILES string of the molecule is CC(C)=CC=C[C@H](C)[C@H]1CC[C@@H](C)c2c1cc(C)c1c2OCO1. The maximum absolute atomic E-state index is 5.84. The van der Waals surface area contributed by atoms with Gasteiger partial charge >= 0.3 is 0 Å². The highest BCUT2D eigenvalue weighted by Crippen LogP contribution is 2.52. The summed E-state index contributed by atoms with van der Waals surface area (Å²) < 4.78 is 11.5. The van der Waals surface area contributed by atoms with Gasteiger partial charge in [-0.1, -0.05) is 43.7 Å². The lowest BCUT2D eigenvalue weighted by molar-refractivity contribution is 0.172. The van der Waals surface area contributed by atoms with E-state index in [1.807, 2.05) is 0 Å². The summed E-state index contributed by atoms with van der Waals surface area (Å²) in [5.41, 5.74) is 5.41. The van der Waals surface area contributed by atoms with Crippen LogP contribution < -0.4 is 9.47 Å². The number of aryl methyl sites for hydroxylation is 1. The second kappa shape index (κ2) is 6.43. The van der Waals surface area contributed by atoms with Crippen LogP contribution in [0.15, 0.2) is 29.9 Å². The van der Waals surface area contributed by atoms with Crippen LogP contribution in [0.25, 0.3) is 0 Å². The third-order valence-electron chi connectivity index (χ3n) is 5.18. The average Bonchev–Trinajstić information content (AvgIpc) is 2.97. The zero-order valence-electron chi connectivity index (χ0n) is 15.0. The fraction of sp³-hybridized carbons (Fsp3) is 0.524. The molecule has 2 aliphatic rings. The van der Waals surface area contributed by atoms with Crippen molar-refractivity contribution >= 4 is 0 Å². The van der Waals surface area contributed by atoms with Gasteiger partial charge in [-0.2, -0.15) is 0 Å². The lowest BCUT2D eigenvalue weighted by atomic mass is 9.71. The fourth-order valence-corrected chi connectivity index (χ4v) is 3.93.